The summed E-state index contributed by atoms with van der Waals surface area (Å²) in [4.78, 5) is 15.0. The largest absolute Gasteiger partial charge is 0.497 e. The number of rotatable bonds is 5. The van der Waals surface area contributed by atoms with Crippen molar-refractivity contribution in [2.45, 2.75) is 25.8 Å². The smallest absolute Gasteiger partial charge is 0.307 e. The van der Waals surface area contributed by atoms with Crippen LogP contribution >= 0.6 is 11.3 Å². The summed E-state index contributed by atoms with van der Waals surface area (Å²) < 4.78 is 5.26. The lowest BCUT2D eigenvalue weighted by atomic mass is 9.94. The lowest BCUT2D eigenvalue weighted by Crippen LogP contribution is -2.41. The standard InChI is InChI=1S/C19H23NO3S/c1-13-10-17(24-12-13)18(14-5-7-16(23-2)8-6-14)20-9-3-4-15(11-20)19(21)22/h5-8,10,12,15,18H,3-4,9,11H2,1-2H3,(H,21,22). The van der Waals surface area contributed by atoms with Gasteiger partial charge in [0.2, 0.25) is 0 Å². The van der Waals surface area contributed by atoms with E-state index in [0.717, 1.165) is 25.1 Å². The Morgan fingerprint density at radius 2 is 2.12 bits per heavy atom. The Kier molecular flexibility index (Phi) is 5.21. The van der Waals surface area contributed by atoms with Crippen LogP contribution in [0.25, 0.3) is 0 Å². The van der Waals surface area contributed by atoms with Gasteiger partial charge in [0.1, 0.15) is 5.75 Å². The van der Waals surface area contributed by atoms with E-state index in [1.54, 1.807) is 18.4 Å². The van der Waals surface area contributed by atoms with Gasteiger partial charge in [-0.15, -0.1) is 11.3 Å². The second-order valence-corrected chi connectivity index (χ2v) is 7.32. The average Bonchev–Trinajstić information content (AvgIpc) is 3.02. The quantitative estimate of drug-likeness (QED) is 0.891. The number of carboxylic acids is 1. The number of benzene rings is 1. The highest BCUT2D eigenvalue weighted by Gasteiger charge is 2.31. The van der Waals surface area contributed by atoms with Crippen molar-refractivity contribution in [3.63, 3.8) is 0 Å². The molecule has 128 valence electrons. The molecular weight excluding hydrogens is 322 g/mol. The van der Waals surface area contributed by atoms with E-state index < -0.39 is 5.97 Å². The predicted molar refractivity (Wildman–Crippen MR) is 95.8 cm³/mol. The molecule has 1 N–H and O–H groups in total. The van der Waals surface area contributed by atoms with E-state index in [1.165, 1.54) is 16.0 Å². The van der Waals surface area contributed by atoms with Crippen molar-refractivity contribution in [1.29, 1.82) is 0 Å². The summed E-state index contributed by atoms with van der Waals surface area (Å²) in [6.07, 6.45) is 1.69. The van der Waals surface area contributed by atoms with Crippen molar-refractivity contribution in [3.8, 4) is 5.75 Å². The number of aryl methyl sites for hydroxylation is 1. The van der Waals surface area contributed by atoms with Crippen molar-refractivity contribution in [2.24, 2.45) is 5.92 Å². The molecule has 1 aromatic carbocycles. The Labute approximate surface area is 146 Å². The molecule has 2 aromatic rings. The van der Waals surface area contributed by atoms with Crippen molar-refractivity contribution >= 4 is 17.3 Å². The van der Waals surface area contributed by atoms with Gasteiger partial charge in [-0.1, -0.05) is 12.1 Å². The number of carboxylic acid groups (broad SMARTS) is 1. The first-order chi connectivity index (χ1) is 11.6. The van der Waals surface area contributed by atoms with Crippen LogP contribution in [0.5, 0.6) is 5.75 Å². The summed E-state index contributed by atoms with van der Waals surface area (Å²) in [6, 6.07) is 10.4. The highest BCUT2D eigenvalue weighted by molar-refractivity contribution is 7.10. The van der Waals surface area contributed by atoms with E-state index >= 15 is 0 Å². The molecule has 1 aromatic heterocycles. The number of hydrogen-bond acceptors (Lipinski definition) is 4. The molecule has 0 radical (unpaired) electrons. The zero-order valence-corrected chi connectivity index (χ0v) is 14.9. The second-order valence-electron chi connectivity index (χ2n) is 6.37. The molecule has 4 nitrogen and oxygen atoms in total. The number of likely N-dealkylation sites (tertiary alicyclic amines) is 1. The number of carbonyl (C=O) groups is 1. The number of methoxy groups -OCH3 is 1. The molecule has 5 heteroatoms. The SMILES string of the molecule is COc1ccc(C(c2cc(C)cs2)N2CCCC(C(=O)O)C2)cc1. The molecule has 3 rings (SSSR count). The first-order valence-corrected chi connectivity index (χ1v) is 9.12. The van der Waals surface area contributed by atoms with Gasteiger partial charge < -0.3 is 9.84 Å². The van der Waals surface area contributed by atoms with Gasteiger partial charge in [-0.25, -0.2) is 0 Å². The Hall–Kier alpha value is -1.85. The topological polar surface area (TPSA) is 49.8 Å². The first-order valence-electron chi connectivity index (χ1n) is 8.24. The van der Waals surface area contributed by atoms with Gasteiger partial charge in [0.25, 0.3) is 0 Å². The van der Waals surface area contributed by atoms with Gasteiger partial charge in [0, 0.05) is 11.4 Å². The Morgan fingerprint density at radius 1 is 1.38 bits per heavy atom. The number of thiophene rings is 1. The first kappa shape index (κ1) is 17.0. The van der Waals surface area contributed by atoms with E-state index in [2.05, 4.69) is 35.4 Å². The van der Waals surface area contributed by atoms with Crippen LogP contribution in [0.4, 0.5) is 0 Å². The zero-order chi connectivity index (χ0) is 17.1. The number of piperidine rings is 1. The third kappa shape index (κ3) is 3.62. The predicted octanol–water partition coefficient (Wildman–Crippen LogP) is 3.95. The van der Waals surface area contributed by atoms with E-state index in [4.69, 9.17) is 4.74 Å². The van der Waals surface area contributed by atoms with E-state index in [0.29, 0.717) is 6.54 Å². The fourth-order valence-corrected chi connectivity index (χ4v) is 4.44. The molecule has 2 heterocycles. The van der Waals surface area contributed by atoms with Gasteiger partial charge in [0.05, 0.1) is 19.1 Å². The van der Waals surface area contributed by atoms with Crippen LogP contribution in [0.1, 0.15) is 34.9 Å². The van der Waals surface area contributed by atoms with Gasteiger partial charge >= 0.3 is 5.97 Å². The lowest BCUT2D eigenvalue weighted by molar-refractivity contribution is -0.143. The molecule has 0 aliphatic carbocycles. The van der Waals surface area contributed by atoms with E-state index in [9.17, 15) is 9.90 Å². The maximum atomic E-state index is 11.4. The van der Waals surface area contributed by atoms with Crippen LogP contribution in [0, 0.1) is 12.8 Å². The van der Waals surface area contributed by atoms with Crippen molar-refractivity contribution < 1.29 is 14.6 Å². The minimum absolute atomic E-state index is 0.108. The summed E-state index contributed by atoms with van der Waals surface area (Å²) in [7, 11) is 1.66. The highest BCUT2D eigenvalue weighted by Crippen LogP contribution is 2.36. The summed E-state index contributed by atoms with van der Waals surface area (Å²) in [5, 5.41) is 11.6. The highest BCUT2D eigenvalue weighted by atomic mass is 32.1. The summed E-state index contributed by atoms with van der Waals surface area (Å²) in [5.41, 5.74) is 2.43. The molecule has 1 aliphatic heterocycles. The van der Waals surface area contributed by atoms with Crippen LogP contribution in [0.3, 0.4) is 0 Å². The number of aliphatic carboxylic acids is 1. The Balaban J connectivity index is 1.93. The van der Waals surface area contributed by atoms with E-state index in [-0.39, 0.29) is 12.0 Å². The third-order valence-corrected chi connectivity index (χ3v) is 5.72. The fraction of sp³-hybridized carbons (Fsp3) is 0.421. The van der Waals surface area contributed by atoms with Crippen molar-refractivity contribution in [3.05, 3.63) is 51.7 Å². The van der Waals surface area contributed by atoms with Crippen LogP contribution < -0.4 is 4.74 Å². The van der Waals surface area contributed by atoms with Crippen LogP contribution in [0.2, 0.25) is 0 Å². The maximum Gasteiger partial charge on any atom is 0.307 e. The monoisotopic (exact) mass is 345 g/mol. The molecular formula is C19H23NO3S. The normalized spacial score (nSPS) is 19.8. The van der Waals surface area contributed by atoms with Gasteiger partial charge in [-0.3, -0.25) is 9.69 Å². The molecule has 24 heavy (non-hydrogen) atoms. The van der Waals surface area contributed by atoms with Gasteiger partial charge in [0.15, 0.2) is 0 Å². The molecule has 0 saturated carbocycles. The number of nitrogens with zero attached hydrogens (tertiary/aromatic N) is 1. The number of hydrogen-bond donors (Lipinski definition) is 1. The molecule has 0 amide bonds. The molecule has 0 bridgehead atoms. The minimum atomic E-state index is -0.685. The molecule has 1 saturated heterocycles. The fourth-order valence-electron chi connectivity index (χ4n) is 3.38. The van der Waals surface area contributed by atoms with Crippen molar-refractivity contribution in [2.75, 3.05) is 20.2 Å². The molecule has 1 aliphatic rings. The van der Waals surface area contributed by atoms with Gasteiger partial charge in [-0.2, -0.15) is 0 Å². The van der Waals surface area contributed by atoms with Crippen LogP contribution in [-0.2, 0) is 4.79 Å². The zero-order valence-electron chi connectivity index (χ0n) is 14.1. The van der Waals surface area contributed by atoms with Gasteiger partial charge in [-0.05, 0) is 61.0 Å². The minimum Gasteiger partial charge on any atom is -0.497 e. The third-order valence-electron chi connectivity index (χ3n) is 4.62. The summed E-state index contributed by atoms with van der Waals surface area (Å²) >= 11 is 1.75. The average molecular weight is 345 g/mol. The van der Waals surface area contributed by atoms with Crippen molar-refractivity contribution in [1.82, 2.24) is 4.90 Å². The summed E-state index contributed by atoms with van der Waals surface area (Å²) in [6.45, 7) is 3.63. The van der Waals surface area contributed by atoms with E-state index in [1.807, 2.05) is 12.1 Å². The Morgan fingerprint density at radius 3 is 2.71 bits per heavy atom. The summed E-state index contributed by atoms with van der Waals surface area (Å²) in [5.74, 6) is -0.127. The molecule has 2 atom stereocenters. The molecule has 2 unspecified atom stereocenters. The lowest BCUT2D eigenvalue weighted by Gasteiger charge is -2.37. The maximum absolute atomic E-state index is 11.4. The molecule has 1 fully saturated rings. The number of ether oxygens (including phenoxy) is 1. The van der Waals surface area contributed by atoms with Crippen LogP contribution in [0.15, 0.2) is 35.7 Å². The second kappa shape index (κ2) is 7.36. The Bertz CT molecular complexity index is 695. The molecule has 0 spiro atoms. The van der Waals surface area contributed by atoms with Crippen LogP contribution in [-0.4, -0.2) is 36.2 Å².